The highest BCUT2D eigenvalue weighted by Gasteiger charge is 2.15. The van der Waals surface area contributed by atoms with Gasteiger partial charge < -0.3 is 10.5 Å². The third-order valence-electron chi connectivity index (χ3n) is 2.32. The van der Waals surface area contributed by atoms with Gasteiger partial charge in [-0.15, -0.1) is 22.7 Å². The number of halogens is 1. The summed E-state index contributed by atoms with van der Waals surface area (Å²) in [4.78, 5) is 2.31. The Bertz CT molecular complexity index is 472. The van der Waals surface area contributed by atoms with E-state index < -0.39 is 0 Å². The average molecular weight is 318 g/mol. The molecule has 86 valence electrons. The monoisotopic (exact) mass is 317 g/mol. The summed E-state index contributed by atoms with van der Waals surface area (Å²) in [6.45, 7) is 2.08. The number of methoxy groups -OCH3 is 1. The van der Waals surface area contributed by atoms with Gasteiger partial charge in [-0.2, -0.15) is 0 Å². The van der Waals surface area contributed by atoms with Gasteiger partial charge in [0.2, 0.25) is 0 Å². The van der Waals surface area contributed by atoms with Crippen molar-refractivity contribution in [2.45, 2.75) is 13.0 Å². The third kappa shape index (κ3) is 2.32. The van der Waals surface area contributed by atoms with Crippen LogP contribution in [0.3, 0.4) is 0 Å². The van der Waals surface area contributed by atoms with Crippen LogP contribution in [-0.4, -0.2) is 7.11 Å². The second-order valence-electron chi connectivity index (χ2n) is 3.47. The summed E-state index contributed by atoms with van der Waals surface area (Å²) >= 11 is 6.84. The molecule has 0 aliphatic carbocycles. The molecule has 1 unspecified atom stereocenters. The van der Waals surface area contributed by atoms with Gasteiger partial charge in [0.1, 0.15) is 5.75 Å². The van der Waals surface area contributed by atoms with Crippen LogP contribution in [-0.2, 0) is 0 Å². The van der Waals surface area contributed by atoms with Crippen LogP contribution in [0.1, 0.15) is 21.4 Å². The Morgan fingerprint density at radius 3 is 2.62 bits per heavy atom. The molecule has 0 saturated carbocycles. The maximum absolute atomic E-state index is 6.21. The molecule has 0 spiro atoms. The summed E-state index contributed by atoms with van der Waals surface area (Å²) in [5.74, 6) is 0.878. The lowest BCUT2D eigenvalue weighted by molar-refractivity contribution is 0.416. The highest BCUT2D eigenvalue weighted by Crippen LogP contribution is 2.36. The van der Waals surface area contributed by atoms with Gasteiger partial charge in [0, 0.05) is 15.1 Å². The molecular formula is C11H12BrNOS2. The van der Waals surface area contributed by atoms with Gasteiger partial charge in [-0.05, 0) is 40.5 Å². The molecular weight excluding hydrogens is 306 g/mol. The molecule has 1 atom stereocenters. The predicted octanol–water partition coefficient (Wildman–Crippen LogP) is 3.94. The SMILES string of the molecule is COc1csc(C(N)c2cc(C)c(Br)s2)c1. The van der Waals surface area contributed by atoms with Crippen molar-refractivity contribution in [2.24, 2.45) is 5.73 Å². The molecule has 2 aromatic rings. The van der Waals surface area contributed by atoms with Crippen LogP contribution < -0.4 is 10.5 Å². The summed E-state index contributed by atoms with van der Waals surface area (Å²) < 4.78 is 6.31. The first-order valence-electron chi connectivity index (χ1n) is 4.75. The number of nitrogens with two attached hydrogens (primary N) is 1. The van der Waals surface area contributed by atoms with E-state index in [4.69, 9.17) is 10.5 Å². The maximum atomic E-state index is 6.21. The fourth-order valence-corrected chi connectivity index (χ4v) is 3.92. The molecule has 0 fully saturated rings. The van der Waals surface area contributed by atoms with E-state index in [9.17, 15) is 0 Å². The minimum absolute atomic E-state index is 0.0519. The van der Waals surface area contributed by atoms with E-state index in [1.165, 1.54) is 10.4 Å². The van der Waals surface area contributed by atoms with Crippen LogP contribution >= 0.6 is 38.6 Å². The molecule has 5 heteroatoms. The Balaban J connectivity index is 2.27. The fourth-order valence-electron chi connectivity index (χ4n) is 1.38. The van der Waals surface area contributed by atoms with E-state index >= 15 is 0 Å². The normalized spacial score (nSPS) is 12.8. The third-order valence-corrected chi connectivity index (χ3v) is 5.53. The van der Waals surface area contributed by atoms with Crippen molar-refractivity contribution >= 4 is 38.6 Å². The molecule has 0 saturated heterocycles. The topological polar surface area (TPSA) is 35.2 Å². The van der Waals surface area contributed by atoms with Crippen molar-refractivity contribution < 1.29 is 4.74 Å². The van der Waals surface area contributed by atoms with Crippen molar-refractivity contribution in [1.82, 2.24) is 0 Å². The van der Waals surface area contributed by atoms with Gasteiger partial charge >= 0.3 is 0 Å². The van der Waals surface area contributed by atoms with E-state index in [1.54, 1.807) is 29.8 Å². The molecule has 2 N–H and O–H groups in total. The lowest BCUT2D eigenvalue weighted by atomic mass is 10.2. The van der Waals surface area contributed by atoms with Crippen molar-refractivity contribution in [2.75, 3.05) is 7.11 Å². The summed E-state index contributed by atoms with van der Waals surface area (Å²) in [6.07, 6.45) is 0. The Kier molecular flexibility index (Phi) is 3.69. The lowest BCUT2D eigenvalue weighted by Gasteiger charge is -2.05. The van der Waals surface area contributed by atoms with E-state index in [2.05, 4.69) is 28.9 Å². The molecule has 2 aromatic heterocycles. The molecule has 2 heterocycles. The zero-order valence-corrected chi connectivity index (χ0v) is 12.2. The Morgan fingerprint density at radius 2 is 2.12 bits per heavy atom. The smallest absolute Gasteiger partial charge is 0.129 e. The molecule has 0 amide bonds. The zero-order valence-electron chi connectivity index (χ0n) is 8.99. The average Bonchev–Trinajstić information content (AvgIpc) is 2.86. The molecule has 0 bridgehead atoms. The number of aryl methyl sites for hydroxylation is 1. The van der Waals surface area contributed by atoms with Gasteiger partial charge in [0.25, 0.3) is 0 Å². The summed E-state index contributed by atoms with van der Waals surface area (Å²) in [5, 5.41) is 1.98. The van der Waals surface area contributed by atoms with E-state index in [-0.39, 0.29) is 6.04 Å². The number of ether oxygens (including phenoxy) is 1. The second kappa shape index (κ2) is 4.87. The highest BCUT2D eigenvalue weighted by atomic mass is 79.9. The fraction of sp³-hybridized carbons (Fsp3) is 0.273. The summed E-state index contributed by atoms with van der Waals surface area (Å²) in [6, 6.07) is 4.08. The zero-order chi connectivity index (χ0) is 11.7. The van der Waals surface area contributed by atoms with Gasteiger partial charge in [0.15, 0.2) is 0 Å². The molecule has 2 nitrogen and oxygen atoms in total. The second-order valence-corrected chi connectivity index (χ2v) is 6.82. The van der Waals surface area contributed by atoms with Crippen LogP contribution in [0.5, 0.6) is 5.75 Å². The van der Waals surface area contributed by atoms with Gasteiger partial charge in [-0.25, -0.2) is 0 Å². The lowest BCUT2D eigenvalue weighted by Crippen LogP contribution is -2.08. The van der Waals surface area contributed by atoms with Crippen LogP contribution in [0.15, 0.2) is 21.3 Å². The predicted molar refractivity (Wildman–Crippen MR) is 73.7 cm³/mol. The minimum atomic E-state index is -0.0519. The largest absolute Gasteiger partial charge is 0.496 e. The Hall–Kier alpha value is -0.360. The van der Waals surface area contributed by atoms with Crippen molar-refractivity contribution in [3.05, 3.63) is 36.6 Å². The minimum Gasteiger partial charge on any atom is -0.496 e. The number of thiophene rings is 2. The summed E-state index contributed by atoms with van der Waals surface area (Å²) in [7, 11) is 1.67. The van der Waals surface area contributed by atoms with E-state index in [1.807, 2.05) is 11.4 Å². The Morgan fingerprint density at radius 1 is 1.38 bits per heavy atom. The maximum Gasteiger partial charge on any atom is 0.129 e. The first kappa shape index (κ1) is 12.1. The molecule has 0 aliphatic rings. The molecule has 0 aliphatic heterocycles. The van der Waals surface area contributed by atoms with Crippen molar-refractivity contribution in [1.29, 1.82) is 0 Å². The summed E-state index contributed by atoms with van der Waals surface area (Å²) in [5.41, 5.74) is 7.45. The van der Waals surface area contributed by atoms with Crippen LogP contribution in [0.4, 0.5) is 0 Å². The number of hydrogen-bond donors (Lipinski definition) is 1. The van der Waals surface area contributed by atoms with Gasteiger partial charge in [-0.1, -0.05) is 0 Å². The van der Waals surface area contributed by atoms with Crippen LogP contribution in [0, 0.1) is 6.92 Å². The number of hydrogen-bond acceptors (Lipinski definition) is 4. The number of rotatable bonds is 3. The standard InChI is InChI=1S/C11H12BrNOS2/c1-6-3-9(16-11(6)12)10(13)8-4-7(14-2)5-15-8/h3-5,10H,13H2,1-2H3. The first-order chi connectivity index (χ1) is 7.61. The molecule has 16 heavy (non-hydrogen) atoms. The van der Waals surface area contributed by atoms with E-state index in [0.29, 0.717) is 0 Å². The van der Waals surface area contributed by atoms with Crippen LogP contribution in [0.2, 0.25) is 0 Å². The van der Waals surface area contributed by atoms with Crippen LogP contribution in [0.25, 0.3) is 0 Å². The quantitative estimate of drug-likeness (QED) is 0.930. The highest BCUT2D eigenvalue weighted by molar-refractivity contribution is 9.11. The first-order valence-corrected chi connectivity index (χ1v) is 7.24. The van der Waals surface area contributed by atoms with E-state index in [0.717, 1.165) is 14.4 Å². The Labute approximate surface area is 111 Å². The van der Waals surface area contributed by atoms with Crippen molar-refractivity contribution in [3.63, 3.8) is 0 Å². The molecule has 2 rings (SSSR count). The van der Waals surface area contributed by atoms with Crippen molar-refractivity contribution in [3.8, 4) is 5.75 Å². The van der Waals surface area contributed by atoms with Gasteiger partial charge in [-0.3, -0.25) is 0 Å². The molecule has 0 radical (unpaired) electrons. The van der Waals surface area contributed by atoms with Gasteiger partial charge in [0.05, 0.1) is 16.9 Å². The molecule has 0 aromatic carbocycles.